The van der Waals surface area contributed by atoms with Gasteiger partial charge in [0.05, 0.1) is 22.9 Å². The Balaban J connectivity index is 1.66. The number of anilines is 1. The van der Waals surface area contributed by atoms with Crippen LogP contribution in [0.15, 0.2) is 54.2 Å². The van der Waals surface area contributed by atoms with E-state index in [2.05, 4.69) is 87.3 Å². The van der Waals surface area contributed by atoms with Crippen molar-refractivity contribution in [3.8, 4) is 0 Å². The minimum absolute atomic E-state index is 0.194. The van der Waals surface area contributed by atoms with Crippen molar-refractivity contribution in [2.75, 3.05) is 5.32 Å². The molecule has 0 saturated carbocycles. The number of imidazole rings is 1. The Morgan fingerprint density at radius 3 is 2.86 bits per heavy atom. The van der Waals surface area contributed by atoms with Gasteiger partial charge in [-0.15, -0.1) is 16.4 Å². The molecule has 0 aliphatic carbocycles. The van der Waals surface area contributed by atoms with Crippen LogP contribution in [0.2, 0.25) is 0 Å². The lowest BCUT2D eigenvalue weighted by molar-refractivity contribution is 0.333. The molecule has 2 aromatic carbocycles. The number of hydrogen-bond donors (Lipinski definition) is 2. The average Bonchev–Trinajstić information content (AvgIpc) is 3.43. The zero-order valence-electron chi connectivity index (χ0n) is 16.4. The van der Waals surface area contributed by atoms with Crippen LogP contribution in [0.1, 0.15) is 38.2 Å². The summed E-state index contributed by atoms with van der Waals surface area (Å²) in [6, 6.07) is 14.3. The van der Waals surface area contributed by atoms with Gasteiger partial charge < -0.3 is 10.3 Å². The van der Waals surface area contributed by atoms with Crippen LogP contribution in [0.5, 0.6) is 0 Å². The Hall–Kier alpha value is -3.26. The Morgan fingerprint density at radius 1 is 1.14 bits per heavy atom. The Morgan fingerprint density at radius 2 is 2.00 bits per heavy atom. The Bertz CT molecular complexity index is 1290. The maximum absolute atomic E-state index is 4.42. The number of H-pyrrole nitrogens is 1. The summed E-state index contributed by atoms with van der Waals surface area (Å²) in [5, 5.41) is 19.8. The van der Waals surface area contributed by atoms with E-state index >= 15 is 0 Å². The molecule has 0 aliphatic rings. The highest BCUT2D eigenvalue weighted by Gasteiger charge is 2.28. The number of fused-ring (bicyclic) bond motifs is 2. The molecule has 0 aliphatic heterocycles. The SMILES string of the molecule is CC(C)(C)n1nnnc1C(Nc1ccc2nc[nH]c2c1)c1csc2ccccc12. The third-order valence-corrected chi connectivity index (χ3v) is 5.92. The van der Waals surface area contributed by atoms with E-state index in [0.29, 0.717) is 0 Å². The molecule has 29 heavy (non-hydrogen) atoms. The van der Waals surface area contributed by atoms with E-state index in [9.17, 15) is 0 Å². The molecule has 0 spiro atoms. The fourth-order valence-electron chi connectivity index (χ4n) is 3.55. The molecular weight excluding hydrogens is 382 g/mol. The highest BCUT2D eigenvalue weighted by Crippen LogP contribution is 2.36. The third-order valence-electron chi connectivity index (χ3n) is 4.94. The monoisotopic (exact) mass is 403 g/mol. The number of rotatable bonds is 4. The number of aromatic amines is 1. The molecule has 2 N–H and O–H groups in total. The maximum Gasteiger partial charge on any atom is 0.178 e. The van der Waals surface area contributed by atoms with Crippen LogP contribution in [-0.4, -0.2) is 30.2 Å². The highest BCUT2D eigenvalue weighted by molar-refractivity contribution is 7.17. The molecule has 146 valence electrons. The summed E-state index contributed by atoms with van der Waals surface area (Å²) < 4.78 is 3.14. The molecule has 0 radical (unpaired) electrons. The van der Waals surface area contributed by atoms with Crippen molar-refractivity contribution in [1.29, 1.82) is 0 Å². The van der Waals surface area contributed by atoms with Gasteiger partial charge in [0.1, 0.15) is 6.04 Å². The number of tetrazole rings is 1. The largest absolute Gasteiger partial charge is 0.371 e. The topological polar surface area (TPSA) is 84.3 Å². The standard InChI is InChI=1S/C21H21N7S/c1-21(2,3)28-20(25-26-27-28)19(15-11-29-18-7-5-4-6-14(15)18)24-13-8-9-16-17(10-13)23-12-22-16/h4-12,19,24H,1-3H3,(H,22,23). The first-order valence-corrected chi connectivity index (χ1v) is 10.3. The van der Waals surface area contributed by atoms with Gasteiger partial charge in [-0.05, 0) is 66.2 Å². The van der Waals surface area contributed by atoms with Gasteiger partial charge in [-0.2, -0.15) is 0 Å². The van der Waals surface area contributed by atoms with Gasteiger partial charge in [0, 0.05) is 16.0 Å². The zero-order chi connectivity index (χ0) is 20.0. The fourth-order valence-corrected chi connectivity index (χ4v) is 4.53. The summed E-state index contributed by atoms with van der Waals surface area (Å²) in [6.45, 7) is 6.31. The lowest BCUT2D eigenvalue weighted by Crippen LogP contribution is -2.29. The molecule has 0 fully saturated rings. The number of thiophene rings is 1. The molecule has 7 nitrogen and oxygen atoms in total. The van der Waals surface area contributed by atoms with Crippen molar-refractivity contribution in [1.82, 2.24) is 30.2 Å². The first kappa shape index (κ1) is 17.8. The molecule has 5 rings (SSSR count). The summed E-state index contributed by atoms with van der Waals surface area (Å²) in [7, 11) is 0. The van der Waals surface area contributed by atoms with Crippen molar-refractivity contribution in [2.45, 2.75) is 32.4 Å². The van der Waals surface area contributed by atoms with E-state index in [0.717, 1.165) is 28.1 Å². The molecule has 3 aromatic heterocycles. The van der Waals surface area contributed by atoms with Crippen LogP contribution in [0, 0.1) is 0 Å². The zero-order valence-corrected chi connectivity index (χ0v) is 17.2. The van der Waals surface area contributed by atoms with Crippen LogP contribution < -0.4 is 5.32 Å². The predicted molar refractivity (Wildman–Crippen MR) is 116 cm³/mol. The highest BCUT2D eigenvalue weighted by atomic mass is 32.1. The van der Waals surface area contributed by atoms with Gasteiger partial charge >= 0.3 is 0 Å². The van der Waals surface area contributed by atoms with Crippen molar-refractivity contribution in [3.63, 3.8) is 0 Å². The summed E-state index contributed by atoms with van der Waals surface area (Å²) in [4.78, 5) is 7.48. The van der Waals surface area contributed by atoms with E-state index in [4.69, 9.17) is 0 Å². The molecule has 0 saturated heterocycles. The van der Waals surface area contributed by atoms with Crippen LogP contribution in [0.4, 0.5) is 5.69 Å². The molecule has 1 unspecified atom stereocenters. The second-order valence-corrected chi connectivity index (χ2v) is 8.93. The lowest BCUT2D eigenvalue weighted by Gasteiger charge is -2.25. The molecule has 0 bridgehead atoms. The molecule has 3 heterocycles. The molecule has 0 amide bonds. The normalized spacial score (nSPS) is 13.2. The van der Waals surface area contributed by atoms with Crippen molar-refractivity contribution in [2.24, 2.45) is 0 Å². The van der Waals surface area contributed by atoms with Gasteiger partial charge in [-0.1, -0.05) is 18.2 Å². The lowest BCUT2D eigenvalue weighted by atomic mass is 10.0. The summed E-state index contributed by atoms with van der Waals surface area (Å²) in [5.74, 6) is 0.783. The first-order chi connectivity index (χ1) is 14.0. The van der Waals surface area contributed by atoms with E-state index in [-0.39, 0.29) is 11.6 Å². The van der Waals surface area contributed by atoms with Crippen LogP contribution in [0.3, 0.4) is 0 Å². The Kier molecular flexibility index (Phi) is 4.09. The second kappa shape index (κ2) is 6.66. The van der Waals surface area contributed by atoms with E-state index in [1.807, 2.05) is 16.8 Å². The minimum Gasteiger partial charge on any atom is -0.371 e. The summed E-state index contributed by atoms with van der Waals surface area (Å²) >= 11 is 1.73. The van der Waals surface area contributed by atoms with Crippen molar-refractivity contribution >= 4 is 38.1 Å². The number of hydrogen-bond acceptors (Lipinski definition) is 6. The first-order valence-electron chi connectivity index (χ1n) is 9.45. The van der Waals surface area contributed by atoms with Gasteiger partial charge in [-0.3, -0.25) is 0 Å². The Labute approximate surface area is 171 Å². The quantitative estimate of drug-likeness (QED) is 0.454. The minimum atomic E-state index is -0.238. The van der Waals surface area contributed by atoms with Crippen molar-refractivity contribution < 1.29 is 0 Å². The summed E-state index contributed by atoms with van der Waals surface area (Å²) in [5.41, 5.74) is 3.82. The smallest absolute Gasteiger partial charge is 0.178 e. The van der Waals surface area contributed by atoms with Crippen molar-refractivity contribution in [3.05, 3.63) is 65.6 Å². The van der Waals surface area contributed by atoms with Gasteiger partial charge in [0.15, 0.2) is 5.82 Å². The molecular formula is C21H21N7S. The van der Waals surface area contributed by atoms with Crippen LogP contribution in [-0.2, 0) is 5.54 Å². The van der Waals surface area contributed by atoms with E-state index < -0.39 is 0 Å². The maximum atomic E-state index is 4.42. The van der Waals surface area contributed by atoms with E-state index in [1.54, 1.807) is 17.7 Å². The predicted octanol–water partition coefficient (Wildman–Crippen LogP) is 4.72. The second-order valence-electron chi connectivity index (χ2n) is 8.02. The summed E-state index contributed by atoms with van der Waals surface area (Å²) in [6.07, 6.45) is 1.71. The third kappa shape index (κ3) is 3.15. The molecule has 5 aromatic rings. The number of nitrogens with zero attached hydrogens (tertiary/aromatic N) is 5. The van der Waals surface area contributed by atoms with Gasteiger partial charge in [-0.25, -0.2) is 9.67 Å². The van der Waals surface area contributed by atoms with E-state index in [1.165, 1.54) is 10.1 Å². The average molecular weight is 404 g/mol. The van der Waals surface area contributed by atoms with Gasteiger partial charge in [0.2, 0.25) is 0 Å². The number of nitrogens with one attached hydrogen (secondary N) is 2. The molecule has 8 heteroatoms. The number of benzene rings is 2. The van der Waals surface area contributed by atoms with Crippen LogP contribution >= 0.6 is 11.3 Å². The molecule has 1 atom stereocenters. The van der Waals surface area contributed by atoms with Crippen LogP contribution in [0.25, 0.3) is 21.1 Å². The fraction of sp³-hybridized carbons (Fsp3) is 0.238. The number of aromatic nitrogens is 6. The van der Waals surface area contributed by atoms with Gasteiger partial charge in [0.25, 0.3) is 0 Å².